The van der Waals surface area contributed by atoms with E-state index in [1.54, 1.807) is 6.92 Å². The normalized spacial score (nSPS) is 11.2. The number of ether oxygens (including phenoxy) is 1. The van der Waals surface area contributed by atoms with E-state index in [1.165, 1.54) is 5.56 Å². The van der Waals surface area contributed by atoms with Crippen LogP contribution in [-0.2, 0) is 16.1 Å². The Labute approximate surface area is 135 Å². The van der Waals surface area contributed by atoms with E-state index in [9.17, 15) is 4.79 Å². The molecule has 2 rings (SSSR count). The van der Waals surface area contributed by atoms with E-state index in [4.69, 9.17) is 23.4 Å². The molecule has 0 bridgehead atoms. The Balaban J connectivity index is 0.000000463. The van der Waals surface area contributed by atoms with Crippen LogP contribution in [0.1, 0.15) is 6.92 Å². The molecule has 1 aromatic carbocycles. The van der Waals surface area contributed by atoms with Crippen LogP contribution in [0.2, 0.25) is 0 Å². The number of esters is 1. The van der Waals surface area contributed by atoms with Gasteiger partial charge in [0.2, 0.25) is 6.54 Å². The molecule has 0 unspecified atom stereocenters. The Kier molecular flexibility index (Phi) is 7.60. The summed E-state index contributed by atoms with van der Waals surface area (Å²) in [6.45, 7) is 2.48. The van der Waals surface area contributed by atoms with E-state index in [0.29, 0.717) is 6.61 Å². The van der Waals surface area contributed by atoms with E-state index in [1.807, 2.05) is 47.3 Å². The third kappa shape index (κ3) is 8.87. The van der Waals surface area contributed by atoms with Crippen molar-refractivity contribution in [3.63, 3.8) is 0 Å². The van der Waals surface area contributed by atoms with Gasteiger partial charge in [0.25, 0.3) is 0 Å². The van der Waals surface area contributed by atoms with Crippen LogP contribution >= 0.6 is 0 Å². The number of hydrogen-bond acceptors (Lipinski definition) is 6. The van der Waals surface area contributed by atoms with Crippen molar-refractivity contribution in [2.24, 2.45) is 0 Å². The second kappa shape index (κ2) is 9.19. The second-order valence-corrected chi connectivity index (χ2v) is 5.23. The van der Waals surface area contributed by atoms with Gasteiger partial charge in [-0.05, 0) is 18.1 Å². The summed E-state index contributed by atoms with van der Waals surface area (Å²) >= 11 is 0. The Morgan fingerprint density at radius 2 is 1.57 bits per heavy atom. The fourth-order valence-electron chi connectivity index (χ4n) is 1.74. The van der Waals surface area contributed by atoms with Crippen molar-refractivity contribution >= 4 is 5.97 Å². The van der Waals surface area contributed by atoms with Crippen LogP contribution in [-0.4, -0.2) is 26.6 Å². The zero-order chi connectivity index (χ0) is 17.3. The van der Waals surface area contributed by atoms with Gasteiger partial charge in [0.1, 0.15) is 0 Å². The summed E-state index contributed by atoms with van der Waals surface area (Å²) in [6.07, 6.45) is 3.78. The third-order valence-electron chi connectivity index (χ3n) is 2.62. The molecule has 23 heavy (non-hydrogen) atoms. The van der Waals surface area contributed by atoms with Gasteiger partial charge in [-0.3, -0.25) is 0 Å². The van der Waals surface area contributed by atoms with Crippen molar-refractivity contribution in [2.75, 3.05) is 6.61 Å². The molecule has 126 valence electrons. The van der Waals surface area contributed by atoms with Crippen LogP contribution in [0, 0.1) is 10.2 Å². The van der Waals surface area contributed by atoms with E-state index in [0.717, 1.165) is 5.56 Å². The molecule has 0 aliphatic rings. The fourth-order valence-corrected chi connectivity index (χ4v) is 1.74. The van der Waals surface area contributed by atoms with Gasteiger partial charge in [-0.1, -0.05) is 30.3 Å². The van der Waals surface area contributed by atoms with Gasteiger partial charge in [0.15, 0.2) is 12.4 Å². The summed E-state index contributed by atoms with van der Waals surface area (Å²) in [5.74, 6) is -0.213. The molecule has 1 aromatic heterocycles. The number of carbonyl (C=O) groups excluding carboxylic acids is 1. The summed E-state index contributed by atoms with van der Waals surface area (Å²) in [5.41, 5.74) is 2.30. The van der Waals surface area contributed by atoms with Gasteiger partial charge in [-0.15, -0.1) is 0 Å². The molecule has 0 amide bonds. The predicted molar refractivity (Wildman–Crippen MR) is 75.4 cm³/mol. The molecule has 0 radical (unpaired) electrons. The van der Waals surface area contributed by atoms with Crippen LogP contribution in [0.3, 0.4) is 0 Å². The number of pyridine rings is 1. The second-order valence-electron chi connectivity index (χ2n) is 4.36. The number of rotatable bonds is 4. The number of hydrogen-bond donors (Lipinski definition) is 3. The quantitative estimate of drug-likeness (QED) is 0.501. The van der Waals surface area contributed by atoms with Gasteiger partial charge < -0.3 is 4.74 Å². The third-order valence-corrected chi connectivity index (χ3v) is 2.62. The Bertz CT molecular complexity index is 592. The van der Waals surface area contributed by atoms with Crippen molar-refractivity contribution in [2.45, 2.75) is 13.5 Å². The first kappa shape index (κ1) is 19.0. The molecule has 0 fully saturated rings. The fraction of sp³-hybridized carbons (Fsp3) is 0.200. The van der Waals surface area contributed by atoms with Crippen LogP contribution in [0.4, 0.5) is 0 Å². The van der Waals surface area contributed by atoms with Crippen molar-refractivity contribution < 1.29 is 43.0 Å². The molecule has 0 atom stereocenters. The summed E-state index contributed by atoms with van der Waals surface area (Å²) in [7, 11) is -4.19. The van der Waals surface area contributed by atoms with Crippen LogP contribution < -0.4 is 9.23 Å². The topological polar surface area (TPSA) is 114 Å². The van der Waals surface area contributed by atoms with Crippen molar-refractivity contribution in [3.8, 4) is 11.1 Å². The van der Waals surface area contributed by atoms with Gasteiger partial charge >= 0.3 is 34.8 Å². The van der Waals surface area contributed by atoms with E-state index >= 15 is 0 Å². The van der Waals surface area contributed by atoms with Crippen LogP contribution in [0.15, 0.2) is 54.9 Å². The molecule has 3 N–H and O–H groups in total. The van der Waals surface area contributed by atoms with Crippen LogP contribution in [0.5, 0.6) is 0 Å². The molecule has 2 aromatic rings. The molecule has 0 aliphatic heterocycles. The molecule has 0 aliphatic carbocycles. The van der Waals surface area contributed by atoms with E-state index in [-0.39, 0.29) is 12.5 Å². The summed E-state index contributed by atoms with van der Waals surface area (Å²) in [6, 6.07) is 14.1. The zero-order valence-corrected chi connectivity index (χ0v) is 13.3. The SMILES string of the molecule is CCOC(=O)C[n+]1ccc(-c2ccccc2)cc1.[O-][Cl+](O)(O)O. The van der Waals surface area contributed by atoms with Gasteiger partial charge in [0.05, 0.1) is 6.61 Å². The first-order valence-corrected chi connectivity index (χ1v) is 7.98. The molecule has 1 heterocycles. The minimum absolute atomic E-state index is 0.213. The van der Waals surface area contributed by atoms with Gasteiger partial charge in [-0.25, -0.2) is 4.79 Å². The maximum absolute atomic E-state index is 11.3. The average Bonchev–Trinajstić information content (AvgIpc) is 2.47. The summed E-state index contributed by atoms with van der Waals surface area (Å²) in [5, 5.41) is 0. The molecule has 0 spiro atoms. The number of halogens is 1. The van der Waals surface area contributed by atoms with Crippen molar-refractivity contribution in [1.82, 2.24) is 0 Å². The summed E-state index contributed by atoms with van der Waals surface area (Å²) < 4.78 is 36.9. The molecular formula is C15H19ClNO6+. The predicted octanol–water partition coefficient (Wildman–Crippen LogP) is -0.656. The number of benzene rings is 1. The number of nitrogens with zero attached hydrogens (tertiary/aromatic N) is 1. The van der Waals surface area contributed by atoms with Gasteiger partial charge in [0, 0.05) is 12.1 Å². The Hall–Kier alpha value is -2.03. The number of carbonyl (C=O) groups is 1. The molecule has 7 nitrogen and oxygen atoms in total. The first-order valence-electron chi connectivity index (χ1n) is 6.66. The van der Waals surface area contributed by atoms with Gasteiger partial charge in [-0.2, -0.15) is 4.57 Å². The first-order chi connectivity index (χ1) is 10.8. The minimum atomic E-state index is -4.19. The number of aromatic nitrogens is 1. The summed E-state index contributed by atoms with van der Waals surface area (Å²) in [4.78, 5) is 11.3. The van der Waals surface area contributed by atoms with E-state index < -0.39 is 10.2 Å². The zero-order valence-electron chi connectivity index (χ0n) is 12.5. The van der Waals surface area contributed by atoms with Crippen LogP contribution in [0.25, 0.3) is 11.1 Å². The van der Waals surface area contributed by atoms with Crippen molar-refractivity contribution in [1.29, 1.82) is 0 Å². The molecule has 0 saturated heterocycles. The standard InChI is InChI=1S/C15H16NO2.ClH3O4/c1-2-18-15(17)12-16-10-8-14(9-11-16)13-6-4-3-5-7-13;2-1(3,4)5/h3-11H,2,12H2,1H3;2-4H/q+1;. The molecule has 8 heteroatoms. The van der Waals surface area contributed by atoms with E-state index in [2.05, 4.69) is 12.1 Å². The molecular weight excluding hydrogens is 326 g/mol. The Morgan fingerprint density at radius 3 is 2.04 bits per heavy atom. The maximum atomic E-state index is 11.3. The van der Waals surface area contributed by atoms with Crippen molar-refractivity contribution in [3.05, 3.63) is 54.9 Å². The Morgan fingerprint density at radius 1 is 1.09 bits per heavy atom. The monoisotopic (exact) mass is 344 g/mol. The average molecular weight is 345 g/mol. The molecule has 0 saturated carbocycles.